The quantitative estimate of drug-likeness (QED) is 0.725. The third kappa shape index (κ3) is 2.46. The number of thiophene rings is 1. The Labute approximate surface area is 135 Å². The van der Waals surface area contributed by atoms with Gasteiger partial charge in [-0.1, -0.05) is 6.07 Å². The summed E-state index contributed by atoms with van der Waals surface area (Å²) in [6, 6.07) is 4.03. The zero-order chi connectivity index (χ0) is 14.9. The molecule has 0 saturated heterocycles. The van der Waals surface area contributed by atoms with Crippen molar-refractivity contribution in [3.05, 3.63) is 46.8 Å². The van der Waals surface area contributed by atoms with Gasteiger partial charge in [0.1, 0.15) is 10.7 Å². The van der Waals surface area contributed by atoms with Crippen molar-refractivity contribution >= 4 is 28.6 Å². The van der Waals surface area contributed by atoms with E-state index >= 15 is 0 Å². The van der Waals surface area contributed by atoms with E-state index in [2.05, 4.69) is 14.5 Å². The van der Waals surface area contributed by atoms with E-state index in [0.29, 0.717) is 12.2 Å². The zero-order valence-electron chi connectivity index (χ0n) is 11.8. The van der Waals surface area contributed by atoms with E-state index < -0.39 is 0 Å². The SMILES string of the molecule is O=C(c1csc(-c2cccs2)n1)N1CCCn2cncc2C1. The highest BCUT2D eigenvalue weighted by atomic mass is 32.1. The van der Waals surface area contributed by atoms with Gasteiger partial charge < -0.3 is 9.47 Å². The summed E-state index contributed by atoms with van der Waals surface area (Å²) in [6.07, 6.45) is 4.61. The van der Waals surface area contributed by atoms with Gasteiger partial charge in [0.05, 0.1) is 23.4 Å². The molecule has 0 aliphatic carbocycles. The fourth-order valence-electron chi connectivity index (χ4n) is 2.61. The molecule has 1 aliphatic heterocycles. The van der Waals surface area contributed by atoms with Crippen LogP contribution in [-0.4, -0.2) is 31.9 Å². The minimum absolute atomic E-state index is 0.00806. The maximum absolute atomic E-state index is 12.7. The number of imidazole rings is 1. The third-order valence-electron chi connectivity index (χ3n) is 3.72. The van der Waals surface area contributed by atoms with Crippen molar-refractivity contribution in [1.29, 1.82) is 0 Å². The normalized spacial score (nSPS) is 14.6. The van der Waals surface area contributed by atoms with Crippen LogP contribution in [0.5, 0.6) is 0 Å². The maximum atomic E-state index is 12.7. The molecule has 5 nitrogen and oxygen atoms in total. The van der Waals surface area contributed by atoms with E-state index in [0.717, 1.165) is 35.1 Å². The first-order valence-corrected chi connectivity index (χ1v) is 8.85. The number of nitrogens with zero attached hydrogens (tertiary/aromatic N) is 4. The fourth-order valence-corrected chi connectivity index (χ4v) is 4.22. The molecular weight excluding hydrogens is 316 g/mol. The van der Waals surface area contributed by atoms with Crippen LogP contribution in [0.25, 0.3) is 9.88 Å². The molecule has 0 N–H and O–H groups in total. The van der Waals surface area contributed by atoms with Gasteiger partial charge in [0.2, 0.25) is 0 Å². The number of aromatic nitrogens is 3. The number of amides is 1. The van der Waals surface area contributed by atoms with Crippen molar-refractivity contribution < 1.29 is 4.79 Å². The maximum Gasteiger partial charge on any atom is 0.273 e. The highest BCUT2D eigenvalue weighted by Gasteiger charge is 2.22. The van der Waals surface area contributed by atoms with Gasteiger partial charge in [-0.15, -0.1) is 22.7 Å². The molecule has 0 radical (unpaired) electrons. The smallest absolute Gasteiger partial charge is 0.273 e. The Hall–Kier alpha value is -1.99. The lowest BCUT2D eigenvalue weighted by atomic mass is 10.3. The first-order valence-electron chi connectivity index (χ1n) is 7.09. The molecule has 3 aromatic rings. The van der Waals surface area contributed by atoms with Crippen LogP contribution in [0.3, 0.4) is 0 Å². The predicted molar refractivity (Wildman–Crippen MR) is 87.0 cm³/mol. The van der Waals surface area contributed by atoms with Gasteiger partial charge in [0.15, 0.2) is 0 Å². The van der Waals surface area contributed by atoms with Gasteiger partial charge in [-0.25, -0.2) is 9.97 Å². The van der Waals surface area contributed by atoms with Gasteiger partial charge in [-0.05, 0) is 17.9 Å². The second-order valence-corrected chi connectivity index (χ2v) is 6.98. The Balaban J connectivity index is 1.57. The first kappa shape index (κ1) is 13.7. The summed E-state index contributed by atoms with van der Waals surface area (Å²) in [7, 11) is 0. The van der Waals surface area contributed by atoms with Crippen LogP contribution >= 0.6 is 22.7 Å². The van der Waals surface area contributed by atoms with Crippen molar-refractivity contribution in [3.63, 3.8) is 0 Å². The number of thiazole rings is 1. The number of aryl methyl sites for hydroxylation is 1. The molecule has 0 aromatic carbocycles. The Morgan fingerprint density at radius 3 is 3.09 bits per heavy atom. The summed E-state index contributed by atoms with van der Waals surface area (Å²) in [5.41, 5.74) is 1.63. The zero-order valence-corrected chi connectivity index (χ0v) is 13.4. The number of hydrogen-bond acceptors (Lipinski definition) is 5. The number of fused-ring (bicyclic) bond motifs is 1. The van der Waals surface area contributed by atoms with Crippen molar-refractivity contribution in [2.24, 2.45) is 0 Å². The van der Waals surface area contributed by atoms with Gasteiger partial charge in [0, 0.05) is 24.7 Å². The number of carbonyl (C=O) groups excluding carboxylic acids is 1. The summed E-state index contributed by atoms with van der Waals surface area (Å²) < 4.78 is 2.12. The van der Waals surface area contributed by atoms with Gasteiger partial charge in [-0.2, -0.15) is 0 Å². The van der Waals surface area contributed by atoms with Crippen LogP contribution in [0, 0.1) is 0 Å². The second-order valence-electron chi connectivity index (χ2n) is 5.17. The van der Waals surface area contributed by atoms with Crippen LogP contribution in [0.1, 0.15) is 22.6 Å². The van der Waals surface area contributed by atoms with Crippen molar-refractivity contribution in [3.8, 4) is 9.88 Å². The molecule has 1 aliphatic rings. The predicted octanol–water partition coefficient (Wildman–Crippen LogP) is 3.11. The van der Waals surface area contributed by atoms with Crippen LogP contribution in [0.15, 0.2) is 35.4 Å². The van der Waals surface area contributed by atoms with E-state index in [9.17, 15) is 4.79 Å². The summed E-state index contributed by atoms with van der Waals surface area (Å²) in [4.78, 5) is 24.4. The minimum atomic E-state index is 0.00806. The first-order chi connectivity index (χ1) is 10.8. The average Bonchev–Trinajstić information content (AvgIpc) is 3.25. The van der Waals surface area contributed by atoms with Crippen molar-refractivity contribution in [1.82, 2.24) is 19.4 Å². The highest BCUT2D eigenvalue weighted by Crippen LogP contribution is 2.28. The molecule has 22 heavy (non-hydrogen) atoms. The Kier molecular flexibility index (Phi) is 3.51. The van der Waals surface area contributed by atoms with E-state index in [4.69, 9.17) is 0 Å². The van der Waals surface area contributed by atoms with Gasteiger partial charge >= 0.3 is 0 Å². The largest absolute Gasteiger partial charge is 0.333 e. The molecule has 112 valence electrons. The molecule has 0 fully saturated rings. The molecule has 4 heterocycles. The molecule has 3 aromatic heterocycles. The van der Waals surface area contributed by atoms with Crippen LogP contribution < -0.4 is 0 Å². The summed E-state index contributed by atoms with van der Waals surface area (Å²) in [5, 5.41) is 4.80. The fraction of sp³-hybridized carbons (Fsp3) is 0.267. The summed E-state index contributed by atoms with van der Waals surface area (Å²) in [6.45, 7) is 2.27. The topological polar surface area (TPSA) is 51.0 Å². The minimum Gasteiger partial charge on any atom is -0.333 e. The third-order valence-corrected chi connectivity index (χ3v) is 5.60. The second kappa shape index (κ2) is 5.66. The number of carbonyl (C=O) groups is 1. The van der Waals surface area contributed by atoms with E-state index in [-0.39, 0.29) is 5.91 Å². The highest BCUT2D eigenvalue weighted by molar-refractivity contribution is 7.20. The van der Waals surface area contributed by atoms with Crippen LogP contribution in [0.4, 0.5) is 0 Å². The molecule has 0 saturated carbocycles. The van der Waals surface area contributed by atoms with Gasteiger partial charge in [-0.3, -0.25) is 4.79 Å². The standard InChI is InChI=1S/C15H14N4OS2/c20-15(12-9-22-14(17-12)13-3-1-6-21-13)18-4-2-5-19-10-16-7-11(19)8-18/h1,3,6-7,9-10H,2,4-5,8H2. The lowest BCUT2D eigenvalue weighted by Gasteiger charge is -2.18. The molecule has 1 amide bonds. The summed E-state index contributed by atoms with van der Waals surface area (Å²) >= 11 is 3.17. The monoisotopic (exact) mass is 330 g/mol. The Morgan fingerprint density at radius 2 is 2.23 bits per heavy atom. The lowest BCUT2D eigenvalue weighted by Crippen LogP contribution is -2.30. The van der Waals surface area contributed by atoms with Crippen LogP contribution in [-0.2, 0) is 13.1 Å². The van der Waals surface area contributed by atoms with Crippen molar-refractivity contribution in [2.45, 2.75) is 19.5 Å². The molecule has 4 rings (SSSR count). The van der Waals surface area contributed by atoms with Crippen LogP contribution in [0.2, 0.25) is 0 Å². The molecular formula is C15H14N4OS2. The molecule has 0 spiro atoms. The number of hydrogen-bond donors (Lipinski definition) is 0. The molecule has 0 unspecified atom stereocenters. The average molecular weight is 330 g/mol. The molecule has 0 atom stereocenters. The van der Waals surface area contributed by atoms with E-state index in [1.165, 1.54) is 11.3 Å². The van der Waals surface area contributed by atoms with E-state index in [1.54, 1.807) is 11.3 Å². The summed E-state index contributed by atoms with van der Waals surface area (Å²) in [5.74, 6) is 0.00806. The van der Waals surface area contributed by atoms with E-state index in [1.807, 2.05) is 40.3 Å². The molecule has 0 bridgehead atoms. The Morgan fingerprint density at radius 1 is 1.27 bits per heavy atom. The lowest BCUT2D eigenvalue weighted by molar-refractivity contribution is 0.0740. The van der Waals surface area contributed by atoms with Gasteiger partial charge in [0.25, 0.3) is 5.91 Å². The molecule has 7 heteroatoms. The number of rotatable bonds is 2. The Bertz CT molecular complexity index is 790. The van der Waals surface area contributed by atoms with Crippen molar-refractivity contribution in [2.75, 3.05) is 6.54 Å².